The molecule has 2 heterocycles. The molecule has 1 unspecified atom stereocenters. The lowest BCUT2D eigenvalue weighted by molar-refractivity contribution is -0.126. The third-order valence-corrected chi connectivity index (χ3v) is 6.82. The molecule has 2 aliphatic rings. The first kappa shape index (κ1) is 29.8. The molecule has 2 aliphatic heterocycles. The van der Waals surface area contributed by atoms with E-state index in [9.17, 15) is 9.59 Å². The molecule has 1 atom stereocenters. The molecular weight excluding hydrogens is 474 g/mol. The van der Waals surface area contributed by atoms with Gasteiger partial charge in [0.05, 0.1) is 31.5 Å². The van der Waals surface area contributed by atoms with Crippen molar-refractivity contribution in [1.29, 1.82) is 0 Å². The van der Waals surface area contributed by atoms with Gasteiger partial charge in [0, 0.05) is 43.4 Å². The first-order chi connectivity index (χ1) is 17.3. The van der Waals surface area contributed by atoms with Crippen LogP contribution in [0.4, 0.5) is 0 Å². The zero-order chi connectivity index (χ0) is 26.5. The third kappa shape index (κ3) is 9.23. The Balaban J connectivity index is 0.000000425. The number of hydrogen-bond donors (Lipinski definition) is 0. The molecule has 2 saturated heterocycles. The Hall–Kier alpha value is -2.41. The largest absolute Gasteiger partial charge is 0.378 e. The molecule has 198 valence electrons. The van der Waals surface area contributed by atoms with Crippen molar-refractivity contribution in [3.05, 3.63) is 71.1 Å². The summed E-state index contributed by atoms with van der Waals surface area (Å²) in [4.78, 5) is 30.5. The number of piperazine rings is 1. The number of allylic oxidation sites excluding steroid dienone is 2. The standard InChI is InChI=1S/C21H33N3O3.C8H9Cl/c1-5-6-7-8-20(18(3)25)24-12-11-23(15-17(24)2)21(26)10-9-19-16-27-14-13-22(19)4;1-2-7-5-3-4-6-8(7)9/h8-10,19H,2,5-7,11-16H2,1,3-4H3;3-6H,2H2,1H3/b10-9+,20-8-;. The fraction of sp³-hybridized carbons (Fsp3) is 0.517. The third-order valence-electron chi connectivity index (χ3n) is 6.45. The van der Waals surface area contributed by atoms with Gasteiger partial charge in [-0.3, -0.25) is 14.5 Å². The summed E-state index contributed by atoms with van der Waals surface area (Å²) in [6, 6.07) is 8.05. The van der Waals surface area contributed by atoms with Crippen molar-refractivity contribution in [2.45, 2.75) is 52.5 Å². The van der Waals surface area contributed by atoms with Crippen LogP contribution >= 0.6 is 11.6 Å². The monoisotopic (exact) mass is 515 g/mol. The molecule has 1 amide bonds. The fourth-order valence-electron chi connectivity index (χ4n) is 4.12. The van der Waals surface area contributed by atoms with E-state index >= 15 is 0 Å². The van der Waals surface area contributed by atoms with Crippen LogP contribution in [0.15, 0.2) is 60.5 Å². The summed E-state index contributed by atoms with van der Waals surface area (Å²) in [5, 5.41) is 0.875. The molecule has 6 nitrogen and oxygen atoms in total. The summed E-state index contributed by atoms with van der Waals surface area (Å²) in [5.74, 6) is 0.0290. The van der Waals surface area contributed by atoms with Crippen LogP contribution in [-0.4, -0.2) is 78.9 Å². The number of aryl methyl sites for hydroxylation is 1. The second-order valence-electron chi connectivity index (χ2n) is 9.19. The Labute approximate surface area is 222 Å². The molecule has 0 aromatic heterocycles. The van der Waals surface area contributed by atoms with Crippen LogP contribution in [0.2, 0.25) is 5.02 Å². The number of nitrogens with zero attached hydrogens (tertiary/aromatic N) is 3. The minimum atomic E-state index is -0.0193. The quantitative estimate of drug-likeness (QED) is 0.356. The van der Waals surface area contributed by atoms with E-state index in [0.717, 1.165) is 49.6 Å². The number of likely N-dealkylation sites (N-methyl/N-ethyl adjacent to an activating group) is 1. The number of unbranched alkanes of at least 4 members (excludes halogenated alkanes) is 2. The van der Waals surface area contributed by atoms with E-state index in [2.05, 4.69) is 25.3 Å². The Kier molecular flexibility index (Phi) is 13.0. The molecule has 0 saturated carbocycles. The van der Waals surface area contributed by atoms with Crippen molar-refractivity contribution in [2.24, 2.45) is 0 Å². The highest BCUT2D eigenvalue weighted by Gasteiger charge is 2.26. The van der Waals surface area contributed by atoms with Gasteiger partial charge in [0.2, 0.25) is 5.91 Å². The van der Waals surface area contributed by atoms with E-state index in [1.807, 2.05) is 48.4 Å². The Bertz CT molecular complexity index is 943. The van der Waals surface area contributed by atoms with Gasteiger partial charge in [0.1, 0.15) is 0 Å². The molecule has 7 heteroatoms. The molecule has 36 heavy (non-hydrogen) atoms. The van der Waals surface area contributed by atoms with Gasteiger partial charge < -0.3 is 14.5 Å². The van der Waals surface area contributed by atoms with Gasteiger partial charge in [-0.05, 0) is 37.9 Å². The number of Topliss-reactive ketones (excluding diaryl/α,β-unsaturated/α-hetero) is 1. The summed E-state index contributed by atoms with van der Waals surface area (Å²) in [6.07, 6.45) is 9.62. The van der Waals surface area contributed by atoms with Crippen molar-refractivity contribution in [2.75, 3.05) is 46.4 Å². The van der Waals surface area contributed by atoms with E-state index in [1.165, 1.54) is 5.56 Å². The van der Waals surface area contributed by atoms with Gasteiger partial charge >= 0.3 is 0 Å². The maximum atomic E-state index is 12.6. The highest BCUT2D eigenvalue weighted by molar-refractivity contribution is 6.31. The predicted octanol–water partition coefficient (Wildman–Crippen LogP) is 5.10. The Morgan fingerprint density at radius 1 is 1.19 bits per heavy atom. The number of carbonyl (C=O) groups is 2. The van der Waals surface area contributed by atoms with Crippen molar-refractivity contribution in [3.8, 4) is 0 Å². The van der Waals surface area contributed by atoms with Crippen LogP contribution in [0, 0.1) is 0 Å². The summed E-state index contributed by atoms with van der Waals surface area (Å²) < 4.78 is 5.47. The van der Waals surface area contributed by atoms with E-state index in [1.54, 1.807) is 17.9 Å². The molecule has 3 rings (SSSR count). The fourth-order valence-corrected chi connectivity index (χ4v) is 4.39. The average Bonchev–Trinajstić information content (AvgIpc) is 2.87. The lowest BCUT2D eigenvalue weighted by Crippen LogP contribution is -2.47. The maximum Gasteiger partial charge on any atom is 0.246 e. The second kappa shape index (κ2) is 15.6. The molecule has 1 aromatic rings. The van der Waals surface area contributed by atoms with Gasteiger partial charge in [-0.15, -0.1) is 0 Å². The molecule has 2 fully saturated rings. The first-order valence-electron chi connectivity index (χ1n) is 12.9. The molecule has 0 aliphatic carbocycles. The molecule has 1 aromatic carbocycles. The number of ether oxygens (including phenoxy) is 1. The van der Waals surface area contributed by atoms with Gasteiger partial charge in [-0.25, -0.2) is 0 Å². The van der Waals surface area contributed by atoms with E-state index in [4.69, 9.17) is 16.3 Å². The summed E-state index contributed by atoms with van der Waals surface area (Å²) in [7, 11) is 2.04. The topological polar surface area (TPSA) is 53.1 Å². The molecule has 0 bridgehead atoms. The summed E-state index contributed by atoms with van der Waals surface area (Å²) in [5.41, 5.74) is 2.72. The van der Waals surface area contributed by atoms with Gasteiger partial charge in [0.25, 0.3) is 0 Å². The number of halogens is 1. The minimum Gasteiger partial charge on any atom is -0.378 e. The zero-order valence-electron chi connectivity index (χ0n) is 22.3. The smallest absolute Gasteiger partial charge is 0.246 e. The van der Waals surface area contributed by atoms with Crippen LogP contribution in [0.25, 0.3) is 0 Å². The maximum absolute atomic E-state index is 12.6. The lowest BCUT2D eigenvalue weighted by atomic mass is 10.1. The van der Waals surface area contributed by atoms with Crippen LogP contribution in [0.1, 0.15) is 45.6 Å². The number of ketones is 1. The first-order valence-corrected chi connectivity index (χ1v) is 13.3. The number of carbonyl (C=O) groups excluding carboxylic acids is 2. The summed E-state index contributed by atoms with van der Waals surface area (Å²) >= 11 is 5.82. The van der Waals surface area contributed by atoms with Crippen LogP contribution < -0.4 is 0 Å². The Morgan fingerprint density at radius 2 is 1.94 bits per heavy atom. The van der Waals surface area contributed by atoms with E-state index < -0.39 is 0 Å². The lowest BCUT2D eigenvalue weighted by Gasteiger charge is -2.38. The number of hydrogen-bond acceptors (Lipinski definition) is 5. The highest BCUT2D eigenvalue weighted by Crippen LogP contribution is 2.20. The van der Waals surface area contributed by atoms with Crippen LogP contribution in [-0.2, 0) is 20.7 Å². The van der Waals surface area contributed by atoms with Gasteiger partial charge in [0.15, 0.2) is 5.78 Å². The van der Waals surface area contributed by atoms with Crippen molar-refractivity contribution in [3.63, 3.8) is 0 Å². The highest BCUT2D eigenvalue weighted by atomic mass is 35.5. The predicted molar refractivity (Wildman–Crippen MR) is 148 cm³/mol. The minimum absolute atomic E-state index is 0.0193. The number of amides is 1. The summed E-state index contributed by atoms with van der Waals surface area (Å²) in [6.45, 7) is 13.8. The van der Waals surface area contributed by atoms with E-state index in [-0.39, 0.29) is 17.7 Å². The number of benzene rings is 1. The van der Waals surface area contributed by atoms with Crippen molar-refractivity contribution in [1.82, 2.24) is 14.7 Å². The number of rotatable bonds is 8. The van der Waals surface area contributed by atoms with E-state index in [0.29, 0.717) is 31.9 Å². The second-order valence-corrected chi connectivity index (χ2v) is 9.60. The SMILES string of the molecule is C=C1CN(C(=O)/C=C/C2COCCN2C)CCN1/C(=C\CCCC)C(C)=O.CCc1ccccc1Cl. The average molecular weight is 516 g/mol. The molecule has 0 radical (unpaired) electrons. The van der Waals surface area contributed by atoms with Crippen LogP contribution in [0.5, 0.6) is 0 Å². The van der Waals surface area contributed by atoms with Crippen molar-refractivity contribution >= 4 is 23.3 Å². The molecular formula is C29H42ClN3O3. The van der Waals surface area contributed by atoms with Gasteiger partial charge in [-0.2, -0.15) is 0 Å². The zero-order valence-corrected chi connectivity index (χ0v) is 23.1. The number of morpholine rings is 1. The molecule has 0 spiro atoms. The molecule has 0 N–H and O–H groups in total. The normalized spacial score (nSPS) is 19.3. The van der Waals surface area contributed by atoms with Crippen molar-refractivity contribution < 1.29 is 14.3 Å². The Morgan fingerprint density at radius 3 is 2.53 bits per heavy atom. The van der Waals surface area contributed by atoms with Crippen LogP contribution in [0.3, 0.4) is 0 Å². The van der Waals surface area contributed by atoms with Gasteiger partial charge in [-0.1, -0.05) is 68.8 Å².